The predicted molar refractivity (Wildman–Crippen MR) is 95.3 cm³/mol. The summed E-state index contributed by atoms with van der Waals surface area (Å²) in [4.78, 5) is 24.0. The number of hydrogen-bond donors (Lipinski definition) is 0. The van der Waals surface area contributed by atoms with Gasteiger partial charge in [-0.1, -0.05) is 12.1 Å². The second-order valence-corrected chi connectivity index (χ2v) is 6.19. The monoisotopic (exact) mass is 331 g/mol. The fourth-order valence-corrected chi connectivity index (χ4v) is 3.53. The number of nitriles is 1. The molecule has 6 nitrogen and oxygen atoms in total. The van der Waals surface area contributed by atoms with E-state index in [2.05, 4.69) is 16.0 Å². The Kier molecular flexibility index (Phi) is 3.69. The van der Waals surface area contributed by atoms with Gasteiger partial charge in [-0.2, -0.15) is 5.26 Å². The van der Waals surface area contributed by atoms with Crippen molar-refractivity contribution in [3.8, 4) is 6.07 Å². The summed E-state index contributed by atoms with van der Waals surface area (Å²) in [5, 5.41) is 10.0. The maximum atomic E-state index is 12.7. The molecule has 0 spiro atoms. The second kappa shape index (κ2) is 6.02. The second-order valence-electron chi connectivity index (χ2n) is 6.19. The Bertz CT molecular complexity index is 1050. The Hall–Kier alpha value is -3.20. The number of anilines is 1. The van der Waals surface area contributed by atoms with Gasteiger partial charge in [0, 0.05) is 19.8 Å². The normalized spacial score (nSPS) is 17.0. The van der Waals surface area contributed by atoms with Crippen LogP contribution in [-0.4, -0.2) is 21.1 Å². The Balaban J connectivity index is 1.87. The van der Waals surface area contributed by atoms with Crippen LogP contribution in [0, 0.1) is 11.3 Å². The zero-order valence-corrected chi connectivity index (χ0v) is 13.9. The third-order valence-electron chi connectivity index (χ3n) is 4.75. The van der Waals surface area contributed by atoms with Crippen LogP contribution in [0.25, 0.3) is 10.9 Å². The van der Waals surface area contributed by atoms with Gasteiger partial charge in [0.25, 0.3) is 5.56 Å². The lowest BCUT2D eigenvalue weighted by atomic mass is 10.1. The Morgan fingerprint density at radius 2 is 2.08 bits per heavy atom. The van der Waals surface area contributed by atoms with E-state index in [4.69, 9.17) is 4.98 Å². The number of benzene rings is 1. The highest BCUT2D eigenvalue weighted by atomic mass is 16.1. The highest BCUT2D eigenvalue weighted by Crippen LogP contribution is 2.35. The molecule has 6 heteroatoms. The van der Waals surface area contributed by atoms with Gasteiger partial charge in [0.05, 0.1) is 22.5 Å². The van der Waals surface area contributed by atoms with Crippen molar-refractivity contribution >= 4 is 16.7 Å². The summed E-state index contributed by atoms with van der Waals surface area (Å²) >= 11 is 0. The van der Waals surface area contributed by atoms with Crippen LogP contribution in [0.3, 0.4) is 0 Å². The molecule has 1 unspecified atom stereocenters. The summed E-state index contributed by atoms with van der Waals surface area (Å²) in [6.07, 6.45) is 3.53. The molecule has 3 heterocycles. The average Bonchev–Trinajstić information content (AvgIpc) is 3.14. The molecule has 0 amide bonds. The van der Waals surface area contributed by atoms with E-state index in [-0.39, 0.29) is 11.6 Å². The molecule has 1 aliphatic heterocycles. The molecule has 0 aliphatic carbocycles. The summed E-state index contributed by atoms with van der Waals surface area (Å²) in [6, 6.07) is 13.1. The first-order chi connectivity index (χ1) is 12.2. The summed E-state index contributed by atoms with van der Waals surface area (Å²) in [6.45, 7) is 0.791. The molecule has 3 aromatic rings. The molecule has 1 aromatic carbocycles. The minimum absolute atomic E-state index is 0.0472. The van der Waals surface area contributed by atoms with Crippen LogP contribution in [0.2, 0.25) is 0 Å². The van der Waals surface area contributed by atoms with E-state index in [0.717, 1.165) is 25.2 Å². The fourth-order valence-electron chi connectivity index (χ4n) is 3.53. The Morgan fingerprint density at radius 1 is 1.24 bits per heavy atom. The van der Waals surface area contributed by atoms with Crippen molar-refractivity contribution in [1.29, 1.82) is 5.26 Å². The van der Waals surface area contributed by atoms with Crippen LogP contribution >= 0.6 is 0 Å². The molecule has 1 aliphatic rings. The van der Waals surface area contributed by atoms with Crippen molar-refractivity contribution in [2.45, 2.75) is 18.9 Å². The summed E-state index contributed by atoms with van der Waals surface area (Å²) in [5.41, 5.74) is 1.20. The standard InChI is InChI=1S/C19H17N5O/c1-23-18(22-15-8-3-2-7-14(15)19(23)25)16-9-5-11-24(16)17-13(12-20)6-4-10-21-17/h2-4,6-8,10,16H,5,9,11H2,1H3. The number of aromatic nitrogens is 3. The Labute approximate surface area is 145 Å². The maximum absolute atomic E-state index is 12.7. The SMILES string of the molecule is Cn1c(C2CCCN2c2ncccc2C#N)nc2ccccc2c1=O. The van der Waals surface area contributed by atoms with Crippen LogP contribution in [0.5, 0.6) is 0 Å². The first kappa shape index (κ1) is 15.3. The smallest absolute Gasteiger partial charge is 0.261 e. The largest absolute Gasteiger partial charge is 0.345 e. The molecule has 25 heavy (non-hydrogen) atoms. The lowest BCUT2D eigenvalue weighted by Gasteiger charge is -2.27. The minimum atomic E-state index is -0.0655. The van der Waals surface area contributed by atoms with Gasteiger partial charge in [0.15, 0.2) is 0 Å². The highest BCUT2D eigenvalue weighted by Gasteiger charge is 2.31. The first-order valence-corrected chi connectivity index (χ1v) is 8.28. The molecule has 1 saturated heterocycles. The van der Waals surface area contributed by atoms with E-state index in [1.807, 2.05) is 18.2 Å². The van der Waals surface area contributed by atoms with Crippen LogP contribution in [0.1, 0.15) is 30.3 Å². The van der Waals surface area contributed by atoms with Crippen molar-refractivity contribution in [2.75, 3.05) is 11.4 Å². The molecule has 0 saturated carbocycles. The minimum Gasteiger partial charge on any atom is -0.345 e. The third kappa shape index (κ3) is 2.45. The third-order valence-corrected chi connectivity index (χ3v) is 4.75. The van der Waals surface area contributed by atoms with E-state index < -0.39 is 0 Å². The van der Waals surface area contributed by atoms with Gasteiger partial charge in [-0.15, -0.1) is 0 Å². The molecular weight excluding hydrogens is 314 g/mol. The number of nitrogens with zero attached hydrogens (tertiary/aromatic N) is 5. The number of fused-ring (bicyclic) bond motifs is 1. The van der Waals surface area contributed by atoms with Gasteiger partial charge in [0.1, 0.15) is 17.7 Å². The highest BCUT2D eigenvalue weighted by molar-refractivity contribution is 5.77. The summed E-state index contributed by atoms with van der Waals surface area (Å²) in [5.74, 6) is 1.38. The number of para-hydroxylation sites is 1. The molecule has 124 valence electrons. The number of pyridine rings is 1. The van der Waals surface area contributed by atoms with E-state index in [1.165, 1.54) is 0 Å². The lowest BCUT2D eigenvalue weighted by molar-refractivity contribution is 0.607. The molecule has 0 bridgehead atoms. The van der Waals surface area contributed by atoms with Crippen LogP contribution in [-0.2, 0) is 7.05 Å². The topological polar surface area (TPSA) is 74.8 Å². The van der Waals surface area contributed by atoms with Gasteiger partial charge in [-0.3, -0.25) is 9.36 Å². The summed E-state index contributed by atoms with van der Waals surface area (Å²) < 4.78 is 1.63. The van der Waals surface area contributed by atoms with Gasteiger partial charge in [-0.05, 0) is 37.1 Å². The van der Waals surface area contributed by atoms with Crippen molar-refractivity contribution in [1.82, 2.24) is 14.5 Å². The van der Waals surface area contributed by atoms with Crippen molar-refractivity contribution in [3.63, 3.8) is 0 Å². The molecule has 1 fully saturated rings. The van der Waals surface area contributed by atoms with E-state index in [1.54, 1.807) is 36.0 Å². The van der Waals surface area contributed by atoms with Crippen LogP contribution in [0.4, 0.5) is 5.82 Å². The average molecular weight is 331 g/mol. The fraction of sp³-hybridized carbons (Fsp3) is 0.263. The number of rotatable bonds is 2. The zero-order chi connectivity index (χ0) is 17.4. The molecule has 0 radical (unpaired) electrons. The lowest BCUT2D eigenvalue weighted by Crippen LogP contribution is -2.31. The van der Waals surface area contributed by atoms with Gasteiger partial charge in [-0.25, -0.2) is 9.97 Å². The zero-order valence-electron chi connectivity index (χ0n) is 13.9. The van der Waals surface area contributed by atoms with Crippen molar-refractivity contribution in [2.24, 2.45) is 7.05 Å². The molecule has 4 rings (SSSR count). The van der Waals surface area contributed by atoms with Crippen molar-refractivity contribution < 1.29 is 0 Å². The van der Waals surface area contributed by atoms with Gasteiger partial charge < -0.3 is 4.90 Å². The molecule has 2 aromatic heterocycles. The first-order valence-electron chi connectivity index (χ1n) is 8.28. The van der Waals surface area contributed by atoms with Crippen LogP contribution < -0.4 is 10.5 Å². The molecule has 0 N–H and O–H groups in total. The van der Waals surface area contributed by atoms with Gasteiger partial charge in [0.2, 0.25) is 0 Å². The maximum Gasteiger partial charge on any atom is 0.261 e. The van der Waals surface area contributed by atoms with Gasteiger partial charge >= 0.3 is 0 Å². The van der Waals surface area contributed by atoms with E-state index in [0.29, 0.717) is 22.3 Å². The molecule has 1 atom stereocenters. The van der Waals surface area contributed by atoms with Crippen molar-refractivity contribution in [3.05, 3.63) is 64.3 Å². The Morgan fingerprint density at radius 3 is 2.92 bits per heavy atom. The predicted octanol–water partition coefficient (Wildman–Crippen LogP) is 2.54. The molecular formula is C19H17N5O. The number of hydrogen-bond acceptors (Lipinski definition) is 5. The van der Waals surface area contributed by atoms with Crippen LogP contribution in [0.15, 0.2) is 47.4 Å². The van der Waals surface area contributed by atoms with E-state index >= 15 is 0 Å². The quantitative estimate of drug-likeness (QED) is 0.721. The summed E-state index contributed by atoms with van der Waals surface area (Å²) in [7, 11) is 1.76. The van der Waals surface area contributed by atoms with E-state index in [9.17, 15) is 10.1 Å².